The molecule has 7 nitrogen and oxygen atoms in total. The highest BCUT2D eigenvalue weighted by Gasteiger charge is 2.30. The van der Waals surface area contributed by atoms with E-state index in [0.29, 0.717) is 36.9 Å². The molecule has 1 fully saturated rings. The van der Waals surface area contributed by atoms with Crippen molar-refractivity contribution in [3.8, 4) is 11.5 Å². The van der Waals surface area contributed by atoms with Crippen LogP contribution in [0.2, 0.25) is 0 Å². The number of carbonyl (C=O) groups excluding carboxylic acids is 1. The van der Waals surface area contributed by atoms with Crippen molar-refractivity contribution in [1.29, 1.82) is 0 Å². The van der Waals surface area contributed by atoms with Gasteiger partial charge in [0.2, 0.25) is 17.6 Å². The third-order valence-electron chi connectivity index (χ3n) is 5.40. The number of hydrogen-bond donors (Lipinski definition) is 0. The van der Waals surface area contributed by atoms with Crippen molar-refractivity contribution in [2.45, 2.75) is 25.2 Å². The fourth-order valence-corrected chi connectivity index (χ4v) is 3.79. The number of likely N-dealkylation sites (tertiary alicyclic amines) is 1. The van der Waals surface area contributed by atoms with Crippen LogP contribution in [-0.2, 0) is 11.2 Å². The molecule has 1 atom stereocenters. The highest BCUT2D eigenvalue weighted by atomic mass is 16.5. The number of fused-ring (bicyclic) bond motifs is 1. The lowest BCUT2D eigenvalue weighted by atomic mass is 9.97. The van der Waals surface area contributed by atoms with Gasteiger partial charge in [-0.25, -0.2) is 4.98 Å². The molecule has 4 heterocycles. The van der Waals surface area contributed by atoms with Crippen molar-refractivity contribution >= 4 is 11.6 Å². The first kappa shape index (κ1) is 17.6. The van der Waals surface area contributed by atoms with Crippen LogP contribution in [0, 0.1) is 0 Å². The van der Waals surface area contributed by atoms with Crippen LogP contribution in [0.5, 0.6) is 0 Å². The molecular formula is C22H21N5O2. The summed E-state index contributed by atoms with van der Waals surface area (Å²) in [4.78, 5) is 23.4. The summed E-state index contributed by atoms with van der Waals surface area (Å²) in [5.74, 6) is 1.31. The van der Waals surface area contributed by atoms with E-state index in [1.165, 1.54) is 5.56 Å². The quantitative estimate of drug-likeness (QED) is 0.525. The van der Waals surface area contributed by atoms with Gasteiger partial charge in [-0.05, 0) is 30.5 Å². The Morgan fingerprint density at radius 2 is 1.93 bits per heavy atom. The third kappa shape index (κ3) is 3.63. The van der Waals surface area contributed by atoms with Gasteiger partial charge in [0.05, 0.1) is 5.92 Å². The lowest BCUT2D eigenvalue weighted by Gasteiger charge is -2.31. The van der Waals surface area contributed by atoms with E-state index in [1.54, 1.807) is 0 Å². The average Bonchev–Trinajstić information content (AvgIpc) is 3.41. The molecule has 0 radical (unpaired) electrons. The Balaban J connectivity index is 1.30. The van der Waals surface area contributed by atoms with Gasteiger partial charge in [-0.3, -0.25) is 4.79 Å². The second-order valence-electron chi connectivity index (χ2n) is 7.36. The Morgan fingerprint density at radius 3 is 2.79 bits per heavy atom. The zero-order valence-corrected chi connectivity index (χ0v) is 15.9. The Hall–Kier alpha value is -3.48. The van der Waals surface area contributed by atoms with E-state index in [2.05, 4.69) is 27.3 Å². The first-order valence-electron chi connectivity index (χ1n) is 9.86. The Labute approximate surface area is 168 Å². The number of carbonyl (C=O) groups is 1. The van der Waals surface area contributed by atoms with Crippen molar-refractivity contribution in [3.05, 3.63) is 72.4 Å². The molecule has 1 aromatic carbocycles. The summed E-state index contributed by atoms with van der Waals surface area (Å²) in [5.41, 5.74) is 2.75. The van der Waals surface area contributed by atoms with Gasteiger partial charge in [-0.2, -0.15) is 4.98 Å². The zero-order chi connectivity index (χ0) is 19.6. The topological polar surface area (TPSA) is 76.5 Å². The summed E-state index contributed by atoms with van der Waals surface area (Å²) in [6.07, 6.45) is 5.90. The molecule has 3 aromatic heterocycles. The minimum atomic E-state index is 0.0572. The van der Waals surface area contributed by atoms with E-state index in [1.807, 2.05) is 58.1 Å². The second-order valence-corrected chi connectivity index (χ2v) is 7.36. The summed E-state index contributed by atoms with van der Waals surface area (Å²) >= 11 is 0. The number of pyridine rings is 1. The van der Waals surface area contributed by atoms with Crippen molar-refractivity contribution < 1.29 is 9.32 Å². The van der Waals surface area contributed by atoms with Gasteiger partial charge in [0.15, 0.2) is 0 Å². The molecule has 0 saturated carbocycles. The van der Waals surface area contributed by atoms with E-state index in [9.17, 15) is 4.79 Å². The number of rotatable bonds is 5. The highest BCUT2D eigenvalue weighted by Crippen LogP contribution is 2.28. The fourth-order valence-electron chi connectivity index (χ4n) is 3.79. The predicted molar refractivity (Wildman–Crippen MR) is 107 cm³/mol. The standard InChI is InChI=1S/C22H21N5O2/c28-20-10-9-17(14-27(20)13-11-16-6-2-1-3-7-16)22-24-21(25-29-22)18-15-26-12-5-4-8-19(26)23-18/h1-8,12,15,17H,9-11,13-14H2/t17-/m0/s1. The maximum Gasteiger partial charge on any atom is 0.231 e. The Morgan fingerprint density at radius 1 is 1.07 bits per heavy atom. The SMILES string of the molecule is O=C1CC[C@H](c2nc(-c3cn4ccccc4n3)no2)CN1CCc1ccccc1. The van der Waals surface area contributed by atoms with E-state index in [-0.39, 0.29) is 11.8 Å². The van der Waals surface area contributed by atoms with Crippen molar-refractivity contribution in [1.82, 2.24) is 24.4 Å². The van der Waals surface area contributed by atoms with E-state index >= 15 is 0 Å². The molecule has 0 spiro atoms. The van der Waals surface area contributed by atoms with Gasteiger partial charge in [0.1, 0.15) is 11.3 Å². The molecule has 29 heavy (non-hydrogen) atoms. The summed E-state index contributed by atoms with van der Waals surface area (Å²) in [7, 11) is 0. The number of hydrogen-bond acceptors (Lipinski definition) is 5. The van der Waals surface area contributed by atoms with Gasteiger partial charge in [-0.1, -0.05) is 41.6 Å². The average molecular weight is 387 g/mol. The highest BCUT2D eigenvalue weighted by molar-refractivity contribution is 5.77. The summed E-state index contributed by atoms with van der Waals surface area (Å²) in [5, 5.41) is 4.13. The fraction of sp³-hybridized carbons (Fsp3) is 0.273. The first-order valence-corrected chi connectivity index (χ1v) is 9.86. The van der Waals surface area contributed by atoms with Gasteiger partial charge >= 0.3 is 0 Å². The molecule has 7 heteroatoms. The van der Waals surface area contributed by atoms with E-state index in [0.717, 1.165) is 18.5 Å². The van der Waals surface area contributed by atoms with Crippen molar-refractivity contribution in [2.75, 3.05) is 13.1 Å². The molecule has 1 amide bonds. The maximum atomic E-state index is 12.4. The van der Waals surface area contributed by atoms with Crippen LogP contribution >= 0.6 is 0 Å². The maximum absolute atomic E-state index is 12.4. The number of benzene rings is 1. The molecular weight excluding hydrogens is 366 g/mol. The van der Waals surface area contributed by atoms with Gasteiger partial charge in [0.25, 0.3) is 0 Å². The minimum absolute atomic E-state index is 0.0572. The van der Waals surface area contributed by atoms with E-state index < -0.39 is 0 Å². The van der Waals surface area contributed by atoms with Crippen LogP contribution in [0.3, 0.4) is 0 Å². The molecule has 0 N–H and O–H groups in total. The summed E-state index contributed by atoms with van der Waals surface area (Å²) in [6.45, 7) is 1.31. The van der Waals surface area contributed by atoms with Gasteiger partial charge in [0, 0.05) is 31.9 Å². The predicted octanol–water partition coefficient (Wildman–Crippen LogP) is 3.33. The molecule has 0 bridgehead atoms. The van der Waals surface area contributed by atoms with Crippen molar-refractivity contribution in [3.63, 3.8) is 0 Å². The van der Waals surface area contributed by atoms with E-state index in [4.69, 9.17) is 4.52 Å². The van der Waals surface area contributed by atoms with Crippen LogP contribution in [-0.4, -0.2) is 43.4 Å². The zero-order valence-electron chi connectivity index (χ0n) is 15.9. The number of piperidine rings is 1. The number of imidazole rings is 1. The molecule has 5 rings (SSSR count). The van der Waals surface area contributed by atoms with Crippen molar-refractivity contribution in [2.24, 2.45) is 0 Å². The number of aromatic nitrogens is 4. The minimum Gasteiger partial charge on any atom is -0.342 e. The summed E-state index contributed by atoms with van der Waals surface area (Å²) < 4.78 is 7.48. The number of nitrogens with zero attached hydrogens (tertiary/aromatic N) is 5. The summed E-state index contributed by atoms with van der Waals surface area (Å²) in [6, 6.07) is 16.0. The van der Waals surface area contributed by atoms with Crippen LogP contribution < -0.4 is 0 Å². The van der Waals surface area contributed by atoms with Gasteiger partial charge in [-0.15, -0.1) is 0 Å². The monoisotopic (exact) mass is 387 g/mol. The largest absolute Gasteiger partial charge is 0.342 e. The normalized spacial score (nSPS) is 17.2. The molecule has 1 aliphatic heterocycles. The van der Waals surface area contributed by atoms with Crippen LogP contribution in [0.1, 0.15) is 30.2 Å². The Bertz CT molecular complexity index is 1100. The smallest absolute Gasteiger partial charge is 0.231 e. The Kier molecular flexibility index (Phi) is 4.56. The molecule has 0 unspecified atom stereocenters. The lowest BCUT2D eigenvalue weighted by Crippen LogP contribution is -2.40. The second kappa shape index (κ2) is 7.50. The molecule has 4 aromatic rings. The third-order valence-corrected chi connectivity index (χ3v) is 5.40. The van der Waals surface area contributed by atoms with Crippen LogP contribution in [0.25, 0.3) is 17.2 Å². The van der Waals surface area contributed by atoms with Gasteiger partial charge < -0.3 is 13.8 Å². The molecule has 0 aliphatic carbocycles. The molecule has 1 saturated heterocycles. The molecule has 1 aliphatic rings. The van der Waals surface area contributed by atoms with Crippen LogP contribution in [0.15, 0.2) is 65.4 Å². The van der Waals surface area contributed by atoms with Crippen LogP contribution in [0.4, 0.5) is 0 Å². The molecule has 146 valence electrons. The number of amides is 1. The lowest BCUT2D eigenvalue weighted by molar-refractivity contribution is -0.133. The first-order chi connectivity index (χ1) is 14.3.